The number of benzene rings is 3. The van der Waals surface area contributed by atoms with E-state index in [1.165, 1.54) is 87.3 Å². The van der Waals surface area contributed by atoms with Crippen LogP contribution in [0, 0.1) is 25.7 Å². The van der Waals surface area contributed by atoms with Crippen molar-refractivity contribution in [3.05, 3.63) is 89.2 Å². The van der Waals surface area contributed by atoms with Crippen molar-refractivity contribution < 1.29 is 14.1 Å². The Bertz CT molecular complexity index is 2140. The summed E-state index contributed by atoms with van der Waals surface area (Å²) in [6, 6.07) is 19.0. The fraction of sp³-hybridized carbons (Fsp3) is 0.511. The predicted molar refractivity (Wildman–Crippen MR) is 215 cm³/mol. The molecule has 4 heteroatoms. The molecular weight excluding hydrogens is 625 g/mol. The fourth-order valence-corrected chi connectivity index (χ4v) is 10.3. The highest BCUT2D eigenvalue weighted by atomic mass is 16.3. The van der Waals surface area contributed by atoms with E-state index < -0.39 is 11.0 Å². The number of aryl methyl sites for hydroxylation is 2. The van der Waals surface area contributed by atoms with Gasteiger partial charge < -0.3 is 14.4 Å². The molecule has 0 bridgehead atoms. The summed E-state index contributed by atoms with van der Waals surface area (Å²) in [6.45, 7) is 26.2. The van der Waals surface area contributed by atoms with E-state index in [0.29, 0.717) is 12.0 Å². The van der Waals surface area contributed by atoms with E-state index in [4.69, 9.17) is 4.42 Å². The van der Waals surface area contributed by atoms with Crippen molar-refractivity contribution >= 4 is 32.6 Å². The number of hydrogen-bond acceptors (Lipinski definition) is 3. The number of nitrogens with zero attached hydrogens (tertiary/aromatic N) is 2. The zero-order valence-electron chi connectivity index (χ0n) is 33.0. The molecule has 2 aromatic heterocycles. The molecule has 2 aliphatic rings. The molecule has 0 amide bonds. The minimum absolute atomic E-state index is 0.00754. The molecule has 1 aliphatic heterocycles. The second kappa shape index (κ2) is 12.9. The van der Waals surface area contributed by atoms with E-state index in [0.717, 1.165) is 29.7 Å². The summed E-state index contributed by atoms with van der Waals surface area (Å²) in [4.78, 5) is 2.61. The molecule has 1 N–H and O–H groups in total. The highest BCUT2D eigenvalue weighted by Crippen LogP contribution is 2.56. The second-order valence-electron chi connectivity index (χ2n) is 18.1. The van der Waals surface area contributed by atoms with Crippen molar-refractivity contribution in [3.8, 4) is 11.3 Å². The number of pyridine rings is 1. The first-order chi connectivity index (χ1) is 24.1. The Kier molecular flexibility index (Phi) is 9.07. The number of furan rings is 1. The number of aromatic nitrogens is 1. The van der Waals surface area contributed by atoms with Gasteiger partial charge >= 0.3 is 0 Å². The van der Waals surface area contributed by atoms with Crippen LogP contribution in [0.3, 0.4) is 0 Å². The van der Waals surface area contributed by atoms with Crippen LogP contribution < -0.4 is 4.57 Å². The fourth-order valence-electron chi connectivity index (χ4n) is 10.3. The molecule has 0 saturated heterocycles. The van der Waals surface area contributed by atoms with Crippen molar-refractivity contribution in [3.63, 3.8) is 0 Å². The van der Waals surface area contributed by atoms with Crippen LogP contribution in [0.1, 0.15) is 109 Å². The van der Waals surface area contributed by atoms with Gasteiger partial charge in [0, 0.05) is 32.0 Å². The van der Waals surface area contributed by atoms with Crippen molar-refractivity contribution in [2.24, 2.45) is 11.8 Å². The van der Waals surface area contributed by atoms with Gasteiger partial charge in [0.15, 0.2) is 11.1 Å². The summed E-state index contributed by atoms with van der Waals surface area (Å²) in [5.41, 5.74) is 8.22. The number of rotatable bonds is 8. The Labute approximate surface area is 306 Å². The van der Waals surface area contributed by atoms with Crippen molar-refractivity contribution in [1.82, 2.24) is 4.90 Å². The normalized spacial score (nSPS) is 21.9. The number of fused-ring (bicyclic) bond motifs is 10. The van der Waals surface area contributed by atoms with Crippen LogP contribution in [0.25, 0.3) is 43.9 Å². The lowest BCUT2D eigenvalue weighted by Gasteiger charge is -2.50. The molecule has 3 unspecified atom stereocenters. The quantitative estimate of drug-likeness (QED) is 0.131. The lowest BCUT2D eigenvalue weighted by Crippen LogP contribution is -2.73. The van der Waals surface area contributed by atoms with E-state index >= 15 is 0 Å². The van der Waals surface area contributed by atoms with Gasteiger partial charge in [-0.3, -0.25) is 0 Å². The predicted octanol–water partition coefficient (Wildman–Crippen LogP) is 10.9. The minimum Gasteiger partial charge on any atom is -0.460 e. The van der Waals surface area contributed by atoms with E-state index in [1.54, 1.807) is 0 Å². The molecule has 51 heavy (non-hydrogen) atoms. The average Bonchev–Trinajstić information content (AvgIpc) is 3.50. The van der Waals surface area contributed by atoms with Crippen LogP contribution >= 0.6 is 0 Å². The Morgan fingerprint density at radius 2 is 1.69 bits per heavy atom. The van der Waals surface area contributed by atoms with Crippen molar-refractivity contribution in [1.29, 1.82) is 0 Å². The van der Waals surface area contributed by atoms with Crippen molar-refractivity contribution in [2.75, 3.05) is 20.2 Å². The SMILES string of the molecule is C=CC(CN(C)C1CCCCC1)C1(C)[n+]2c(c3cc(CC(C)C)oc3c3c(C)cc(C)cc32)-c2cc(C(C)(C)C)c3ccccc3c2C1(C)CO. The minimum atomic E-state index is -0.662. The maximum absolute atomic E-state index is 12.1. The van der Waals surface area contributed by atoms with E-state index in [2.05, 4.69) is 140 Å². The lowest BCUT2D eigenvalue weighted by atomic mass is 9.57. The number of hydrogen-bond donors (Lipinski definition) is 1. The van der Waals surface area contributed by atoms with Crippen molar-refractivity contribution in [2.45, 2.75) is 123 Å². The lowest BCUT2D eigenvalue weighted by molar-refractivity contribution is -0.748. The monoisotopic (exact) mass is 685 g/mol. The molecule has 3 atom stereocenters. The molecule has 270 valence electrons. The molecule has 3 aromatic carbocycles. The van der Waals surface area contributed by atoms with Gasteiger partial charge in [-0.05, 0) is 97.2 Å². The van der Waals surface area contributed by atoms with Crippen LogP contribution in [0.4, 0.5) is 0 Å². The molecule has 1 fully saturated rings. The van der Waals surface area contributed by atoms with Crippen LogP contribution in [-0.4, -0.2) is 36.2 Å². The Balaban J connectivity index is 1.69. The second-order valence-corrected chi connectivity index (χ2v) is 18.1. The molecule has 5 aromatic rings. The van der Waals surface area contributed by atoms with Gasteiger partial charge in [0.1, 0.15) is 5.76 Å². The van der Waals surface area contributed by atoms with Gasteiger partial charge in [0.2, 0.25) is 11.2 Å². The molecule has 0 radical (unpaired) electrons. The summed E-state index contributed by atoms with van der Waals surface area (Å²) in [6.07, 6.45) is 9.51. The average molecular weight is 686 g/mol. The third kappa shape index (κ3) is 5.50. The highest BCUT2D eigenvalue weighted by Gasteiger charge is 2.63. The van der Waals surface area contributed by atoms with Gasteiger partial charge in [0.25, 0.3) is 0 Å². The Hall–Kier alpha value is -3.47. The number of aliphatic hydroxyl groups is 1. The first-order valence-electron chi connectivity index (χ1n) is 19.6. The van der Waals surface area contributed by atoms with Crippen LogP contribution in [0.5, 0.6) is 0 Å². The summed E-state index contributed by atoms with van der Waals surface area (Å²) < 4.78 is 9.63. The first-order valence-corrected chi connectivity index (χ1v) is 19.6. The maximum atomic E-state index is 12.1. The topological polar surface area (TPSA) is 40.5 Å². The summed E-state index contributed by atoms with van der Waals surface area (Å²) >= 11 is 0. The van der Waals surface area contributed by atoms with E-state index in [-0.39, 0.29) is 17.9 Å². The summed E-state index contributed by atoms with van der Waals surface area (Å²) in [5.74, 6) is 1.53. The zero-order valence-corrected chi connectivity index (χ0v) is 33.0. The zero-order chi connectivity index (χ0) is 36.6. The highest BCUT2D eigenvalue weighted by molar-refractivity contribution is 6.09. The third-order valence-corrected chi connectivity index (χ3v) is 13.0. The smallest absolute Gasteiger partial charge is 0.225 e. The molecule has 3 heterocycles. The number of aliphatic hydroxyl groups excluding tert-OH is 1. The van der Waals surface area contributed by atoms with Gasteiger partial charge in [-0.2, -0.15) is 4.57 Å². The van der Waals surface area contributed by atoms with Gasteiger partial charge in [-0.1, -0.05) is 90.3 Å². The van der Waals surface area contributed by atoms with E-state index in [1.807, 2.05) is 0 Å². The molecule has 7 rings (SSSR count). The van der Waals surface area contributed by atoms with Crippen LogP contribution in [-0.2, 0) is 22.8 Å². The van der Waals surface area contributed by atoms with Crippen LogP contribution in [0.15, 0.2) is 65.6 Å². The summed E-state index contributed by atoms with van der Waals surface area (Å²) in [5, 5.41) is 16.9. The largest absolute Gasteiger partial charge is 0.460 e. The molecule has 0 spiro atoms. The van der Waals surface area contributed by atoms with Gasteiger partial charge in [-0.15, -0.1) is 6.58 Å². The Morgan fingerprint density at radius 1 is 1.00 bits per heavy atom. The van der Waals surface area contributed by atoms with Gasteiger partial charge in [0.05, 0.1) is 34.3 Å². The first kappa shape index (κ1) is 35.9. The third-order valence-electron chi connectivity index (χ3n) is 13.0. The van der Waals surface area contributed by atoms with E-state index in [9.17, 15) is 5.11 Å². The summed E-state index contributed by atoms with van der Waals surface area (Å²) in [7, 11) is 2.32. The molecular formula is C47H61N2O2+. The molecule has 4 nitrogen and oxygen atoms in total. The Morgan fingerprint density at radius 3 is 2.31 bits per heavy atom. The molecule has 1 saturated carbocycles. The van der Waals surface area contributed by atoms with Crippen LogP contribution in [0.2, 0.25) is 0 Å². The maximum Gasteiger partial charge on any atom is 0.225 e. The standard InChI is InChI=1S/C47H61N2O2/c1-12-32(27-48(11)33-18-14-13-15-19-33)47(10)46(9,28-50)42-36-21-17-16-20-35(36)39(45(6,7)8)26-37(42)43-38-25-34(22-29(2)3)51-44(38)41-31(5)23-30(4)24-40(41)49(43)47/h12,16-17,20-21,23-26,29,32-33,50H,1,13-15,18-19,22,27-28H2,2-11H3/q+1. The molecule has 1 aliphatic carbocycles. The van der Waals surface area contributed by atoms with Gasteiger partial charge in [-0.25, -0.2) is 0 Å².